The van der Waals surface area contributed by atoms with E-state index in [0.717, 1.165) is 12.8 Å². The van der Waals surface area contributed by atoms with Gasteiger partial charge in [0.15, 0.2) is 0 Å². The van der Waals surface area contributed by atoms with Crippen molar-refractivity contribution < 1.29 is 14.0 Å². The largest absolute Gasteiger partial charge is 0.352 e. The lowest BCUT2D eigenvalue weighted by molar-refractivity contribution is -0.118. The number of rotatable bonds is 4. The van der Waals surface area contributed by atoms with Gasteiger partial charge in [-0.1, -0.05) is 0 Å². The van der Waals surface area contributed by atoms with Gasteiger partial charge in [0, 0.05) is 5.69 Å². The van der Waals surface area contributed by atoms with Crippen LogP contribution in [0.3, 0.4) is 0 Å². The van der Waals surface area contributed by atoms with Gasteiger partial charge in [-0.2, -0.15) is 0 Å². The minimum atomic E-state index is -0.889. The van der Waals surface area contributed by atoms with Gasteiger partial charge in [-0.05, 0) is 55.4 Å². The van der Waals surface area contributed by atoms with Crippen molar-refractivity contribution in [2.45, 2.75) is 37.1 Å². The highest BCUT2D eigenvalue weighted by atomic mass is 19.1. The van der Waals surface area contributed by atoms with Crippen LogP contribution in [0.1, 0.15) is 37.2 Å². The quantitative estimate of drug-likeness (QED) is 0.784. The first-order valence-electron chi connectivity index (χ1n) is 6.69. The van der Waals surface area contributed by atoms with Crippen LogP contribution in [0.15, 0.2) is 18.2 Å². The Kier molecular flexibility index (Phi) is 2.88. The summed E-state index contributed by atoms with van der Waals surface area (Å²) in [5.74, 6) is -0.267. The van der Waals surface area contributed by atoms with Gasteiger partial charge in [-0.15, -0.1) is 0 Å². The first-order valence-corrected chi connectivity index (χ1v) is 6.69. The van der Waals surface area contributed by atoms with E-state index in [-0.39, 0.29) is 17.6 Å². The van der Waals surface area contributed by atoms with Crippen LogP contribution >= 0.6 is 0 Å². The molecule has 6 heteroatoms. The van der Waals surface area contributed by atoms with Gasteiger partial charge >= 0.3 is 6.03 Å². The SMILES string of the molecule is NC(=O)NC1(C(=O)Nc2ccc(F)c(C3CC3)c2)CC1. The molecule has 0 heterocycles. The first-order chi connectivity index (χ1) is 9.50. The average molecular weight is 277 g/mol. The summed E-state index contributed by atoms with van der Waals surface area (Å²) in [6, 6.07) is 3.85. The fourth-order valence-corrected chi connectivity index (χ4v) is 2.35. The molecule has 3 rings (SSSR count). The standard InChI is InChI=1S/C14H16FN3O2/c15-11-4-3-9(7-10(11)8-1-2-8)17-12(19)14(5-6-14)18-13(16)20/h3-4,7-8H,1-2,5-6H2,(H,17,19)(H3,16,18,20). The fraction of sp³-hybridized carbons (Fsp3) is 0.429. The lowest BCUT2D eigenvalue weighted by Gasteiger charge is -2.16. The second-order valence-electron chi connectivity index (χ2n) is 5.54. The van der Waals surface area contributed by atoms with Crippen molar-refractivity contribution in [3.8, 4) is 0 Å². The van der Waals surface area contributed by atoms with E-state index in [1.165, 1.54) is 12.1 Å². The molecule has 2 saturated carbocycles. The molecule has 4 N–H and O–H groups in total. The van der Waals surface area contributed by atoms with Gasteiger partial charge in [-0.3, -0.25) is 4.79 Å². The average Bonchev–Trinajstić information content (AvgIpc) is 3.23. The van der Waals surface area contributed by atoms with Gasteiger partial charge < -0.3 is 16.4 Å². The molecule has 2 aliphatic rings. The van der Waals surface area contributed by atoms with Crippen molar-refractivity contribution in [2.24, 2.45) is 5.73 Å². The van der Waals surface area contributed by atoms with Crippen LogP contribution in [0.4, 0.5) is 14.9 Å². The van der Waals surface area contributed by atoms with Crippen LogP contribution in [0, 0.1) is 5.82 Å². The molecule has 0 radical (unpaired) electrons. The molecule has 0 aliphatic heterocycles. The van der Waals surface area contributed by atoms with Gasteiger partial charge in [0.25, 0.3) is 0 Å². The predicted molar refractivity (Wildman–Crippen MR) is 71.7 cm³/mol. The van der Waals surface area contributed by atoms with Gasteiger partial charge in [0.05, 0.1) is 0 Å². The topological polar surface area (TPSA) is 84.2 Å². The summed E-state index contributed by atoms with van der Waals surface area (Å²) in [6.07, 6.45) is 3.11. The second kappa shape index (κ2) is 4.47. The summed E-state index contributed by atoms with van der Waals surface area (Å²) in [5.41, 5.74) is 5.37. The number of primary amides is 1. The third kappa shape index (κ3) is 2.45. The number of hydrogen-bond donors (Lipinski definition) is 3. The zero-order valence-corrected chi connectivity index (χ0v) is 10.9. The van der Waals surface area contributed by atoms with Crippen LogP contribution in [0.2, 0.25) is 0 Å². The molecule has 0 atom stereocenters. The molecule has 5 nitrogen and oxygen atoms in total. The minimum Gasteiger partial charge on any atom is -0.352 e. The lowest BCUT2D eigenvalue weighted by Crippen LogP contribution is -2.48. The molecule has 1 aromatic carbocycles. The van der Waals surface area contributed by atoms with E-state index in [4.69, 9.17) is 5.73 Å². The summed E-state index contributed by atoms with van der Waals surface area (Å²) in [6.45, 7) is 0. The molecule has 0 saturated heterocycles. The summed E-state index contributed by atoms with van der Waals surface area (Å²) >= 11 is 0. The fourth-order valence-electron chi connectivity index (χ4n) is 2.35. The maximum absolute atomic E-state index is 13.6. The molecule has 0 bridgehead atoms. The van der Waals surface area contributed by atoms with E-state index >= 15 is 0 Å². The minimum absolute atomic E-state index is 0.234. The number of carbonyl (C=O) groups is 2. The molecule has 2 fully saturated rings. The molecule has 3 amide bonds. The summed E-state index contributed by atoms with van der Waals surface area (Å²) in [7, 11) is 0. The van der Waals surface area contributed by atoms with E-state index < -0.39 is 11.6 Å². The van der Waals surface area contributed by atoms with E-state index in [9.17, 15) is 14.0 Å². The highest BCUT2D eigenvalue weighted by Gasteiger charge is 2.51. The number of halogens is 1. The maximum atomic E-state index is 13.6. The zero-order valence-electron chi connectivity index (χ0n) is 10.9. The number of nitrogens with one attached hydrogen (secondary N) is 2. The second-order valence-corrected chi connectivity index (χ2v) is 5.54. The number of urea groups is 1. The summed E-state index contributed by atoms with van der Waals surface area (Å²) in [5, 5.41) is 5.19. The normalized spacial score (nSPS) is 19.2. The van der Waals surface area contributed by atoms with Crippen molar-refractivity contribution in [1.29, 1.82) is 0 Å². The number of carbonyl (C=O) groups excluding carboxylic acids is 2. The lowest BCUT2D eigenvalue weighted by atomic mass is 10.1. The molecular weight excluding hydrogens is 261 g/mol. The maximum Gasteiger partial charge on any atom is 0.313 e. The first kappa shape index (κ1) is 12.9. The highest BCUT2D eigenvalue weighted by molar-refractivity contribution is 6.02. The van der Waals surface area contributed by atoms with Gasteiger partial charge in [-0.25, -0.2) is 9.18 Å². The monoisotopic (exact) mass is 277 g/mol. The zero-order chi connectivity index (χ0) is 14.3. The van der Waals surface area contributed by atoms with E-state index in [0.29, 0.717) is 24.1 Å². The molecular formula is C14H16FN3O2. The Morgan fingerprint density at radius 2 is 2.00 bits per heavy atom. The predicted octanol–water partition coefficient (Wildman–Crippen LogP) is 1.84. The molecule has 20 heavy (non-hydrogen) atoms. The Balaban J connectivity index is 1.73. The molecule has 106 valence electrons. The Labute approximate surface area is 115 Å². The summed E-state index contributed by atoms with van der Waals surface area (Å²) in [4.78, 5) is 23.0. The number of hydrogen-bond acceptors (Lipinski definition) is 2. The van der Waals surface area contributed by atoms with Crippen LogP contribution < -0.4 is 16.4 Å². The molecule has 0 aromatic heterocycles. The Morgan fingerprint density at radius 1 is 1.30 bits per heavy atom. The van der Waals surface area contributed by atoms with Crippen molar-refractivity contribution in [3.05, 3.63) is 29.6 Å². The number of benzene rings is 1. The molecule has 0 unspecified atom stereocenters. The third-order valence-electron chi connectivity index (χ3n) is 3.82. The van der Waals surface area contributed by atoms with Crippen molar-refractivity contribution >= 4 is 17.6 Å². The van der Waals surface area contributed by atoms with Gasteiger partial charge in [0.2, 0.25) is 5.91 Å². The Hall–Kier alpha value is -2.11. The number of amides is 3. The van der Waals surface area contributed by atoms with Crippen LogP contribution in [0.5, 0.6) is 0 Å². The molecule has 1 aromatic rings. The van der Waals surface area contributed by atoms with Crippen LogP contribution in [0.25, 0.3) is 0 Å². The smallest absolute Gasteiger partial charge is 0.313 e. The van der Waals surface area contributed by atoms with E-state index in [1.54, 1.807) is 6.07 Å². The third-order valence-corrected chi connectivity index (χ3v) is 3.82. The number of nitrogens with two attached hydrogens (primary N) is 1. The Morgan fingerprint density at radius 3 is 2.55 bits per heavy atom. The Bertz CT molecular complexity index is 580. The van der Waals surface area contributed by atoms with Crippen LogP contribution in [-0.4, -0.2) is 17.5 Å². The summed E-state index contributed by atoms with van der Waals surface area (Å²) < 4.78 is 13.6. The number of anilines is 1. The van der Waals surface area contributed by atoms with Crippen molar-refractivity contribution in [1.82, 2.24) is 5.32 Å². The van der Waals surface area contributed by atoms with Crippen molar-refractivity contribution in [2.75, 3.05) is 5.32 Å². The van der Waals surface area contributed by atoms with E-state index in [2.05, 4.69) is 10.6 Å². The van der Waals surface area contributed by atoms with Gasteiger partial charge in [0.1, 0.15) is 11.4 Å². The van der Waals surface area contributed by atoms with Crippen LogP contribution in [-0.2, 0) is 4.79 Å². The molecule has 2 aliphatic carbocycles. The highest BCUT2D eigenvalue weighted by Crippen LogP contribution is 2.42. The van der Waals surface area contributed by atoms with Crippen molar-refractivity contribution in [3.63, 3.8) is 0 Å². The van der Waals surface area contributed by atoms with E-state index in [1.807, 2.05) is 0 Å². The molecule has 0 spiro atoms.